The molecular formula is C16H30N4O2S. The van der Waals surface area contributed by atoms with E-state index in [1.807, 2.05) is 6.92 Å². The predicted molar refractivity (Wildman–Crippen MR) is 97.2 cm³/mol. The van der Waals surface area contributed by atoms with Crippen LogP contribution < -0.4 is 15.8 Å². The van der Waals surface area contributed by atoms with E-state index in [9.17, 15) is 8.42 Å². The van der Waals surface area contributed by atoms with Gasteiger partial charge in [0.1, 0.15) is 4.90 Å². The van der Waals surface area contributed by atoms with Crippen molar-refractivity contribution < 1.29 is 8.42 Å². The Morgan fingerprint density at radius 1 is 1.13 bits per heavy atom. The van der Waals surface area contributed by atoms with Gasteiger partial charge in [0.25, 0.3) is 0 Å². The fraction of sp³-hybridized carbons (Fsp3) is 0.625. The van der Waals surface area contributed by atoms with Crippen molar-refractivity contribution in [3.63, 3.8) is 0 Å². The van der Waals surface area contributed by atoms with E-state index in [2.05, 4.69) is 28.8 Å². The molecule has 132 valence electrons. The van der Waals surface area contributed by atoms with E-state index in [-0.39, 0.29) is 4.90 Å². The molecule has 1 aromatic rings. The molecule has 0 radical (unpaired) electrons. The SMILES string of the molecule is CCNc1ccc(N)cc1S(=O)(=O)NCCCCN(CC)CC. The Bertz CT molecular complexity index is 571. The molecule has 0 fully saturated rings. The summed E-state index contributed by atoms with van der Waals surface area (Å²) in [6.45, 7) is 10.3. The molecule has 0 amide bonds. The molecule has 0 aliphatic heterocycles. The van der Waals surface area contributed by atoms with Crippen molar-refractivity contribution in [3.05, 3.63) is 18.2 Å². The van der Waals surface area contributed by atoms with Crippen molar-refractivity contribution in [2.24, 2.45) is 0 Å². The Labute approximate surface area is 140 Å². The summed E-state index contributed by atoms with van der Waals surface area (Å²) in [5.41, 5.74) is 6.75. The molecule has 6 nitrogen and oxygen atoms in total. The van der Waals surface area contributed by atoms with E-state index >= 15 is 0 Å². The van der Waals surface area contributed by atoms with Crippen molar-refractivity contribution >= 4 is 21.4 Å². The van der Waals surface area contributed by atoms with Crippen molar-refractivity contribution in [1.82, 2.24) is 9.62 Å². The summed E-state index contributed by atoms with van der Waals surface area (Å²) in [7, 11) is -3.55. The van der Waals surface area contributed by atoms with Gasteiger partial charge in [0.05, 0.1) is 5.69 Å². The van der Waals surface area contributed by atoms with Crippen LogP contribution in [0.4, 0.5) is 11.4 Å². The second-order valence-electron chi connectivity index (χ2n) is 5.42. The molecule has 23 heavy (non-hydrogen) atoms. The fourth-order valence-electron chi connectivity index (χ4n) is 2.38. The number of unbranched alkanes of at least 4 members (excludes halogenated alkanes) is 1. The van der Waals surface area contributed by atoms with Crippen LogP contribution in [0.1, 0.15) is 33.6 Å². The number of nitrogens with zero attached hydrogens (tertiary/aromatic N) is 1. The van der Waals surface area contributed by atoms with Gasteiger partial charge in [-0.05, 0) is 57.6 Å². The minimum atomic E-state index is -3.55. The predicted octanol–water partition coefficient (Wildman–Crippen LogP) is 2.10. The Morgan fingerprint density at radius 2 is 1.83 bits per heavy atom. The molecule has 0 saturated heterocycles. The maximum absolute atomic E-state index is 12.5. The summed E-state index contributed by atoms with van der Waals surface area (Å²) in [5.74, 6) is 0. The van der Waals surface area contributed by atoms with Crippen molar-refractivity contribution in [2.75, 3.05) is 43.8 Å². The van der Waals surface area contributed by atoms with Gasteiger partial charge in [-0.2, -0.15) is 0 Å². The maximum atomic E-state index is 12.5. The molecular weight excluding hydrogens is 312 g/mol. The molecule has 0 unspecified atom stereocenters. The third-order valence-electron chi connectivity index (χ3n) is 3.75. The summed E-state index contributed by atoms with van der Waals surface area (Å²) < 4.78 is 27.6. The number of rotatable bonds is 11. The van der Waals surface area contributed by atoms with Crippen LogP contribution in [0, 0.1) is 0 Å². The first-order valence-corrected chi connectivity index (χ1v) is 9.78. The zero-order chi connectivity index (χ0) is 17.3. The molecule has 0 spiro atoms. The van der Waals surface area contributed by atoms with Crippen LogP contribution in [0.15, 0.2) is 23.1 Å². The van der Waals surface area contributed by atoms with E-state index in [4.69, 9.17) is 5.73 Å². The molecule has 0 aliphatic carbocycles. The lowest BCUT2D eigenvalue weighted by molar-refractivity contribution is 0.297. The molecule has 4 N–H and O–H groups in total. The first-order valence-electron chi connectivity index (χ1n) is 8.30. The Morgan fingerprint density at radius 3 is 2.43 bits per heavy atom. The quantitative estimate of drug-likeness (QED) is 0.423. The highest BCUT2D eigenvalue weighted by atomic mass is 32.2. The van der Waals surface area contributed by atoms with E-state index < -0.39 is 10.0 Å². The number of hydrogen-bond acceptors (Lipinski definition) is 5. The van der Waals surface area contributed by atoms with Gasteiger partial charge in [0.15, 0.2) is 0 Å². The van der Waals surface area contributed by atoms with Crippen molar-refractivity contribution in [3.8, 4) is 0 Å². The van der Waals surface area contributed by atoms with Gasteiger partial charge in [-0.25, -0.2) is 13.1 Å². The van der Waals surface area contributed by atoms with Crippen LogP contribution in [0.2, 0.25) is 0 Å². The lowest BCUT2D eigenvalue weighted by atomic mass is 10.3. The molecule has 0 atom stereocenters. The Balaban J connectivity index is 2.61. The van der Waals surface area contributed by atoms with Gasteiger partial charge >= 0.3 is 0 Å². The molecule has 1 aromatic carbocycles. The smallest absolute Gasteiger partial charge is 0.242 e. The number of sulfonamides is 1. The monoisotopic (exact) mass is 342 g/mol. The highest BCUT2D eigenvalue weighted by Gasteiger charge is 2.18. The number of anilines is 2. The minimum Gasteiger partial charge on any atom is -0.399 e. The van der Waals surface area contributed by atoms with E-state index in [0.29, 0.717) is 24.5 Å². The third kappa shape index (κ3) is 6.37. The van der Waals surface area contributed by atoms with Crippen LogP contribution in [0.5, 0.6) is 0 Å². The molecule has 7 heteroatoms. The lowest BCUT2D eigenvalue weighted by Gasteiger charge is -2.17. The molecule has 0 aliphatic rings. The minimum absolute atomic E-state index is 0.211. The van der Waals surface area contributed by atoms with Gasteiger partial charge < -0.3 is 16.0 Å². The van der Waals surface area contributed by atoms with Crippen molar-refractivity contribution in [1.29, 1.82) is 0 Å². The summed E-state index contributed by atoms with van der Waals surface area (Å²) in [4.78, 5) is 2.54. The summed E-state index contributed by atoms with van der Waals surface area (Å²) in [6.07, 6.45) is 1.79. The van der Waals surface area contributed by atoms with Crippen LogP contribution >= 0.6 is 0 Å². The van der Waals surface area contributed by atoms with Gasteiger partial charge in [-0.15, -0.1) is 0 Å². The number of hydrogen-bond donors (Lipinski definition) is 3. The topological polar surface area (TPSA) is 87.5 Å². The Kier molecular flexibility index (Phi) is 8.36. The molecule has 0 aromatic heterocycles. The van der Waals surface area contributed by atoms with Crippen LogP contribution in [-0.4, -0.2) is 46.0 Å². The van der Waals surface area contributed by atoms with Crippen molar-refractivity contribution in [2.45, 2.75) is 38.5 Å². The molecule has 1 rings (SSSR count). The molecule has 0 saturated carbocycles. The highest BCUT2D eigenvalue weighted by Crippen LogP contribution is 2.23. The Hall–Kier alpha value is -1.31. The average Bonchev–Trinajstić information content (AvgIpc) is 2.52. The van der Waals surface area contributed by atoms with Gasteiger partial charge in [0, 0.05) is 18.8 Å². The lowest BCUT2D eigenvalue weighted by Crippen LogP contribution is -2.28. The second kappa shape index (κ2) is 9.75. The van der Waals surface area contributed by atoms with Gasteiger partial charge in [-0.3, -0.25) is 0 Å². The summed E-state index contributed by atoms with van der Waals surface area (Å²) >= 11 is 0. The molecule has 0 heterocycles. The van der Waals surface area contributed by atoms with Crippen LogP contribution in [0.25, 0.3) is 0 Å². The maximum Gasteiger partial charge on any atom is 0.242 e. The first kappa shape index (κ1) is 19.7. The number of nitrogens with one attached hydrogen (secondary N) is 2. The number of benzene rings is 1. The van der Waals surface area contributed by atoms with E-state index in [0.717, 1.165) is 32.5 Å². The zero-order valence-corrected chi connectivity index (χ0v) is 15.2. The number of nitrogens with two attached hydrogens (primary N) is 1. The largest absolute Gasteiger partial charge is 0.399 e. The third-order valence-corrected chi connectivity index (χ3v) is 5.25. The summed E-state index contributed by atoms with van der Waals surface area (Å²) in [6, 6.07) is 4.89. The zero-order valence-electron chi connectivity index (χ0n) is 14.4. The van der Waals surface area contributed by atoms with Gasteiger partial charge in [0.2, 0.25) is 10.0 Å². The van der Waals surface area contributed by atoms with Crippen LogP contribution in [-0.2, 0) is 10.0 Å². The molecule has 0 bridgehead atoms. The highest BCUT2D eigenvalue weighted by molar-refractivity contribution is 7.89. The standard InChI is InChI=1S/C16H30N4O2S/c1-4-18-15-10-9-14(17)13-16(15)23(21,22)19-11-7-8-12-20(5-2)6-3/h9-10,13,18-19H,4-8,11-12,17H2,1-3H3. The first-order chi connectivity index (χ1) is 10.9. The second-order valence-corrected chi connectivity index (χ2v) is 7.15. The van der Waals surface area contributed by atoms with Crippen LogP contribution in [0.3, 0.4) is 0 Å². The van der Waals surface area contributed by atoms with E-state index in [1.54, 1.807) is 12.1 Å². The number of nitrogen functional groups attached to an aromatic ring is 1. The normalized spacial score (nSPS) is 11.8. The fourth-order valence-corrected chi connectivity index (χ4v) is 3.67. The van der Waals surface area contributed by atoms with E-state index in [1.165, 1.54) is 6.07 Å². The average molecular weight is 343 g/mol. The van der Waals surface area contributed by atoms with Gasteiger partial charge in [-0.1, -0.05) is 13.8 Å². The summed E-state index contributed by atoms with van der Waals surface area (Å²) in [5, 5.41) is 3.06.